The third-order valence-electron chi connectivity index (χ3n) is 4.45. The number of sulfone groups is 1. The Labute approximate surface area is 172 Å². The lowest BCUT2D eigenvalue weighted by Gasteiger charge is -2.39. The van der Waals surface area contributed by atoms with E-state index in [0.717, 1.165) is 5.56 Å². The fourth-order valence-corrected chi connectivity index (χ4v) is 4.12. The molecule has 1 saturated heterocycles. The summed E-state index contributed by atoms with van der Waals surface area (Å²) >= 11 is 0. The van der Waals surface area contributed by atoms with Crippen molar-refractivity contribution in [2.24, 2.45) is 4.99 Å². The van der Waals surface area contributed by atoms with Crippen LogP contribution in [0.25, 0.3) is 0 Å². The van der Waals surface area contributed by atoms with Gasteiger partial charge in [0.15, 0.2) is 15.8 Å². The number of carbonyl (C=O) groups excluding carboxylic acids is 1. The first-order chi connectivity index (χ1) is 11.7. The molecule has 0 saturated carbocycles. The van der Waals surface area contributed by atoms with Crippen molar-refractivity contribution in [2.75, 3.05) is 32.9 Å². The third kappa shape index (κ3) is 5.09. The summed E-state index contributed by atoms with van der Waals surface area (Å²) in [6.45, 7) is 4.88. The van der Waals surface area contributed by atoms with Gasteiger partial charge in [-0.1, -0.05) is 12.1 Å². The Kier molecular flexibility index (Phi) is 7.87. The Morgan fingerprint density at radius 1 is 1.27 bits per heavy atom. The van der Waals surface area contributed by atoms with Crippen molar-refractivity contribution >= 4 is 45.7 Å². The van der Waals surface area contributed by atoms with Gasteiger partial charge in [-0.25, -0.2) is 8.42 Å². The molecule has 0 atom stereocenters. The van der Waals surface area contributed by atoms with Crippen LogP contribution >= 0.6 is 24.0 Å². The van der Waals surface area contributed by atoms with Crippen LogP contribution < -0.4 is 10.6 Å². The number of rotatable bonds is 3. The summed E-state index contributed by atoms with van der Waals surface area (Å²) in [5.74, 6) is 0.687. The Bertz CT molecular complexity index is 761. The first kappa shape index (κ1) is 22.7. The highest BCUT2D eigenvalue weighted by Gasteiger charge is 2.40. The molecule has 1 amide bonds. The number of hydrogen-bond donors (Lipinski definition) is 2. The maximum Gasteiger partial charge on any atom is 0.251 e. The number of nitrogens with one attached hydrogen (secondary N) is 2. The van der Waals surface area contributed by atoms with Crippen LogP contribution in [0, 0.1) is 0 Å². The van der Waals surface area contributed by atoms with Gasteiger partial charge in [0.25, 0.3) is 5.91 Å². The molecule has 26 heavy (non-hydrogen) atoms. The monoisotopic (exact) mass is 494 g/mol. The Hall–Kier alpha value is -1.36. The molecule has 146 valence electrons. The van der Waals surface area contributed by atoms with E-state index in [-0.39, 0.29) is 35.6 Å². The molecule has 0 aromatic heterocycles. The molecule has 1 aromatic carbocycles. The number of amides is 1. The molecule has 1 fully saturated rings. The number of aliphatic imine (C=N–C) groups is 1. The van der Waals surface area contributed by atoms with Crippen LogP contribution in [0.2, 0.25) is 0 Å². The lowest BCUT2D eigenvalue weighted by atomic mass is 10.1. The van der Waals surface area contributed by atoms with Gasteiger partial charge in [0.1, 0.15) is 0 Å². The summed E-state index contributed by atoms with van der Waals surface area (Å²) in [5.41, 5.74) is 1.62. The summed E-state index contributed by atoms with van der Waals surface area (Å²) in [6.07, 6.45) is 0. The molecule has 1 aromatic rings. The number of guanidine groups is 1. The second-order valence-electron chi connectivity index (χ2n) is 6.68. The van der Waals surface area contributed by atoms with Gasteiger partial charge in [0, 0.05) is 39.3 Å². The first-order valence-electron chi connectivity index (χ1n) is 8.19. The molecular formula is C17H27IN4O3S. The fraction of sp³-hybridized carbons (Fsp3) is 0.529. The van der Waals surface area contributed by atoms with Crippen molar-refractivity contribution in [3.8, 4) is 0 Å². The maximum absolute atomic E-state index is 12.1. The Morgan fingerprint density at radius 2 is 1.88 bits per heavy atom. The minimum absolute atomic E-state index is 0. The van der Waals surface area contributed by atoms with Crippen LogP contribution in [0.4, 0.5) is 0 Å². The van der Waals surface area contributed by atoms with Crippen molar-refractivity contribution < 1.29 is 13.2 Å². The normalized spacial score (nSPS) is 18.6. The smallest absolute Gasteiger partial charge is 0.251 e. The first-order valence-corrected chi connectivity index (χ1v) is 9.84. The van der Waals surface area contributed by atoms with E-state index in [2.05, 4.69) is 15.6 Å². The average Bonchev–Trinajstić information content (AvgIpc) is 2.58. The summed E-state index contributed by atoms with van der Waals surface area (Å²) in [7, 11) is 0.206. The molecular weight excluding hydrogens is 467 g/mol. The van der Waals surface area contributed by atoms with Crippen LogP contribution in [0.5, 0.6) is 0 Å². The van der Waals surface area contributed by atoms with E-state index in [4.69, 9.17) is 0 Å². The molecule has 2 rings (SSSR count). The highest BCUT2D eigenvalue weighted by Crippen LogP contribution is 2.23. The van der Waals surface area contributed by atoms with Crippen LogP contribution in [-0.4, -0.2) is 62.9 Å². The second kappa shape index (κ2) is 9.03. The number of benzene rings is 1. The zero-order chi connectivity index (χ0) is 18.7. The molecule has 9 heteroatoms. The number of nitrogens with zero attached hydrogens (tertiary/aromatic N) is 2. The van der Waals surface area contributed by atoms with Crippen molar-refractivity contribution in [3.63, 3.8) is 0 Å². The lowest BCUT2D eigenvalue weighted by Crippen LogP contribution is -2.57. The number of hydrogen-bond acceptors (Lipinski definition) is 4. The Morgan fingerprint density at radius 3 is 2.38 bits per heavy atom. The predicted molar refractivity (Wildman–Crippen MR) is 115 cm³/mol. The second-order valence-corrected chi connectivity index (χ2v) is 9.42. The van der Waals surface area contributed by atoms with Gasteiger partial charge in [-0.3, -0.25) is 9.79 Å². The molecule has 7 nitrogen and oxygen atoms in total. The van der Waals surface area contributed by atoms with E-state index in [9.17, 15) is 13.2 Å². The number of carbonyl (C=O) groups is 1. The highest BCUT2D eigenvalue weighted by molar-refractivity contribution is 14.0. The van der Waals surface area contributed by atoms with Crippen molar-refractivity contribution in [2.45, 2.75) is 25.1 Å². The SMILES string of the molecule is CN=C(NCc1ccc(C(=O)NC)cc1)N1CCS(=O)(=O)C(C)(C)C1.I. The zero-order valence-corrected chi connectivity index (χ0v) is 18.7. The highest BCUT2D eigenvalue weighted by atomic mass is 127. The molecule has 0 unspecified atom stereocenters. The van der Waals surface area contributed by atoms with Crippen LogP contribution in [0.3, 0.4) is 0 Å². The van der Waals surface area contributed by atoms with Gasteiger partial charge in [-0.15, -0.1) is 24.0 Å². The standard InChI is InChI=1S/C17H26N4O3S.HI/c1-17(2)12-21(9-10-25(17,23)24)16(19-4)20-11-13-5-7-14(8-6-13)15(22)18-3;/h5-8H,9-12H2,1-4H3,(H,18,22)(H,19,20);1H. The van der Waals surface area contributed by atoms with Gasteiger partial charge >= 0.3 is 0 Å². The minimum Gasteiger partial charge on any atom is -0.355 e. The largest absolute Gasteiger partial charge is 0.355 e. The van der Waals surface area contributed by atoms with Gasteiger partial charge in [-0.2, -0.15) is 0 Å². The molecule has 0 aliphatic carbocycles. The van der Waals surface area contributed by atoms with Crippen LogP contribution in [0.1, 0.15) is 29.8 Å². The molecule has 0 radical (unpaired) electrons. The van der Waals surface area contributed by atoms with Gasteiger partial charge in [-0.05, 0) is 31.5 Å². The van der Waals surface area contributed by atoms with Crippen molar-refractivity contribution in [1.29, 1.82) is 0 Å². The third-order valence-corrected chi connectivity index (χ3v) is 6.98. The van der Waals surface area contributed by atoms with E-state index in [1.165, 1.54) is 0 Å². The quantitative estimate of drug-likeness (QED) is 0.375. The van der Waals surface area contributed by atoms with Crippen molar-refractivity contribution in [1.82, 2.24) is 15.5 Å². The number of halogens is 1. The summed E-state index contributed by atoms with van der Waals surface area (Å²) < 4.78 is 23.5. The summed E-state index contributed by atoms with van der Waals surface area (Å²) in [5, 5.41) is 5.85. The molecule has 1 aliphatic heterocycles. The minimum atomic E-state index is -3.08. The van der Waals surface area contributed by atoms with Crippen LogP contribution in [0.15, 0.2) is 29.3 Å². The topological polar surface area (TPSA) is 90.9 Å². The van der Waals surface area contributed by atoms with E-state index < -0.39 is 14.6 Å². The zero-order valence-electron chi connectivity index (χ0n) is 15.6. The Balaban J connectivity index is 0.00000338. The van der Waals surface area contributed by atoms with Gasteiger partial charge in [0.05, 0.1) is 10.5 Å². The average molecular weight is 494 g/mol. The van der Waals surface area contributed by atoms with E-state index in [1.807, 2.05) is 17.0 Å². The molecule has 1 heterocycles. The van der Waals surface area contributed by atoms with Crippen LogP contribution in [-0.2, 0) is 16.4 Å². The van der Waals surface area contributed by atoms with Crippen molar-refractivity contribution in [3.05, 3.63) is 35.4 Å². The summed E-state index contributed by atoms with van der Waals surface area (Å²) in [4.78, 5) is 17.8. The van der Waals surface area contributed by atoms with E-state index in [0.29, 0.717) is 31.2 Å². The maximum atomic E-state index is 12.1. The van der Waals surface area contributed by atoms with Gasteiger partial charge in [0.2, 0.25) is 0 Å². The van der Waals surface area contributed by atoms with E-state index in [1.54, 1.807) is 40.1 Å². The summed E-state index contributed by atoms with van der Waals surface area (Å²) in [6, 6.07) is 7.31. The molecule has 1 aliphatic rings. The van der Waals surface area contributed by atoms with E-state index >= 15 is 0 Å². The molecule has 0 spiro atoms. The fourth-order valence-electron chi connectivity index (χ4n) is 2.76. The predicted octanol–water partition coefficient (Wildman–Crippen LogP) is 1.25. The lowest BCUT2D eigenvalue weighted by molar-refractivity contribution is 0.0963. The molecule has 2 N–H and O–H groups in total. The van der Waals surface area contributed by atoms with Gasteiger partial charge < -0.3 is 15.5 Å². The molecule has 0 bridgehead atoms.